The van der Waals surface area contributed by atoms with Crippen LogP contribution < -0.4 is 15.2 Å². The van der Waals surface area contributed by atoms with Crippen LogP contribution in [-0.4, -0.2) is 15.5 Å². The summed E-state index contributed by atoms with van der Waals surface area (Å²) in [7, 11) is -2.23. The van der Waals surface area contributed by atoms with Gasteiger partial charge < -0.3 is 10.5 Å². The van der Waals surface area contributed by atoms with Crippen LogP contribution in [0.15, 0.2) is 41.3 Å². The first kappa shape index (κ1) is 15.9. The van der Waals surface area contributed by atoms with E-state index < -0.39 is 10.0 Å². The Morgan fingerprint density at radius 3 is 2.33 bits per heavy atom. The van der Waals surface area contributed by atoms with E-state index in [4.69, 9.17) is 33.7 Å². The second kappa shape index (κ2) is 6.11. The fourth-order valence-corrected chi connectivity index (χ4v) is 2.79. The summed E-state index contributed by atoms with van der Waals surface area (Å²) in [4.78, 5) is 0.0528. The Morgan fingerprint density at radius 2 is 1.76 bits per heavy atom. The molecule has 2 aromatic carbocycles. The highest BCUT2D eigenvalue weighted by Gasteiger charge is 2.14. The second-order valence-electron chi connectivity index (χ2n) is 4.08. The maximum absolute atomic E-state index is 11.7. The molecule has 0 aliphatic carbocycles. The SMILES string of the molecule is CNS(=O)(=O)c1ccc(Oc2ccc(Cl)cc2Cl)c(N)c1. The van der Waals surface area contributed by atoms with E-state index in [0.29, 0.717) is 21.5 Å². The van der Waals surface area contributed by atoms with Gasteiger partial charge in [-0.25, -0.2) is 13.1 Å². The molecule has 0 unspecified atom stereocenters. The number of ether oxygens (including phenoxy) is 1. The number of hydrogen-bond acceptors (Lipinski definition) is 4. The minimum atomic E-state index is -3.55. The molecule has 5 nitrogen and oxygen atoms in total. The molecular formula is C13H12Cl2N2O3S. The van der Waals surface area contributed by atoms with Crippen molar-refractivity contribution >= 4 is 38.9 Å². The van der Waals surface area contributed by atoms with Gasteiger partial charge >= 0.3 is 0 Å². The molecule has 0 aromatic heterocycles. The molecule has 0 atom stereocenters. The highest BCUT2D eigenvalue weighted by molar-refractivity contribution is 7.89. The van der Waals surface area contributed by atoms with E-state index in [1.165, 1.54) is 31.3 Å². The van der Waals surface area contributed by atoms with E-state index in [-0.39, 0.29) is 10.6 Å². The second-order valence-corrected chi connectivity index (χ2v) is 6.81. The lowest BCUT2D eigenvalue weighted by molar-refractivity contribution is 0.485. The Kier molecular flexibility index (Phi) is 4.63. The molecule has 0 saturated carbocycles. The molecule has 0 heterocycles. The van der Waals surface area contributed by atoms with E-state index in [1.54, 1.807) is 12.1 Å². The monoisotopic (exact) mass is 346 g/mol. The van der Waals surface area contributed by atoms with Crippen molar-refractivity contribution in [3.63, 3.8) is 0 Å². The highest BCUT2D eigenvalue weighted by atomic mass is 35.5. The molecule has 0 saturated heterocycles. The van der Waals surface area contributed by atoms with Gasteiger partial charge in [0, 0.05) is 5.02 Å². The van der Waals surface area contributed by atoms with Gasteiger partial charge in [0.25, 0.3) is 0 Å². The van der Waals surface area contributed by atoms with Crippen LogP contribution in [0.5, 0.6) is 11.5 Å². The molecule has 0 spiro atoms. The molecule has 21 heavy (non-hydrogen) atoms. The smallest absolute Gasteiger partial charge is 0.240 e. The van der Waals surface area contributed by atoms with Gasteiger partial charge in [-0.2, -0.15) is 0 Å². The van der Waals surface area contributed by atoms with Crippen molar-refractivity contribution in [3.8, 4) is 11.5 Å². The highest BCUT2D eigenvalue weighted by Crippen LogP contribution is 2.34. The summed E-state index contributed by atoms with van der Waals surface area (Å²) in [6, 6.07) is 8.92. The summed E-state index contributed by atoms with van der Waals surface area (Å²) in [5.74, 6) is 0.672. The first-order valence-corrected chi connectivity index (χ1v) is 8.03. The van der Waals surface area contributed by atoms with Crippen molar-refractivity contribution < 1.29 is 13.2 Å². The molecule has 0 aliphatic heterocycles. The van der Waals surface area contributed by atoms with Gasteiger partial charge in [-0.1, -0.05) is 23.2 Å². The third-order valence-corrected chi connectivity index (χ3v) is 4.62. The number of nitrogens with one attached hydrogen (secondary N) is 1. The number of hydrogen-bond donors (Lipinski definition) is 2. The lowest BCUT2D eigenvalue weighted by atomic mass is 10.3. The maximum atomic E-state index is 11.7. The van der Waals surface area contributed by atoms with Crippen LogP contribution in [0.1, 0.15) is 0 Å². The summed E-state index contributed by atoms with van der Waals surface area (Å²) in [5.41, 5.74) is 5.99. The van der Waals surface area contributed by atoms with Gasteiger partial charge in [0.2, 0.25) is 10.0 Å². The van der Waals surface area contributed by atoms with Crippen LogP contribution in [0.3, 0.4) is 0 Å². The molecule has 8 heteroatoms. The van der Waals surface area contributed by atoms with Crippen molar-refractivity contribution in [1.29, 1.82) is 0 Å². The summed E-state index contributed by atoms with van der Waals surface area (Å²) in [6.45, 7) is 0. The van der Waals surface area contributed by atoms with Crippen LogP contribution >= 0.6 is 23.2 Å². The Balaban J connectivity index is 2.34. The summed E-state index contributed by atoms with van der Waals surface area (Å²) in [6.07, 6.45) is 0. The quantitative estimate of drug-likeness (QED) is 0.832. The fourth-order valence-electron chi connectivity index (χ4n) is 1.58. The van der Waals surface area contributed by atoms with Gasteiger partial charge in [-0.3, -0.25) is 0 Å². The zero-order chi connectivity index (χ0) is 15.6. The minimum Gasteiger partial charge on any atom is -0.454 e. The van der Waals surface area contributed by atoms with Crippen molar-refractivity contribution in [2.75, 3.05) is 12.8 Å². The van der Waals surface area contributed by atoms with Crippen molar-refractivity contribution in [3.05, 3.63) is 46.4 Å². The van der Waals surface area contributed by atoms with E-state index in [2.05, 4.69) is 4.72 Å². The number of halogens is 2. The van der Waals surface area contributed by atoms with E-state index in [1.807, 2.05) is 0 Å². The number of rotatable bonds is 4. The summed E-state index contributed by atoms with van der Waals surface area (Å²) in [5, 5.41) is 0.810. The third kappa shape index (κ3) is 3.59. The zero-order valence-corrected chi connectivity index (χ0v) is 13.3. The Hall–Kier alpha value is -1.47. The van der Waals surface area contributed by atoms with Crippen LogP contribution in [0.2, 0.25) is 10.0 Å². The molecule has 0 bridgehead atoms. The van der Waals surface area contributed by atoms with E-state index in [0.717, 1.165) is 0 Å². The summed E-state index contributed by atoms with van der Waals surface area (Å²) < 4.78 is 31.1. The van der Waals surface area contributed by atoms with Crippen molar-refractivity contribution in [2.24, 2.45) is 0 Å². The fraction of sp³-hybridized carbons (Fsp3) is 0.0769. The predicted octanol–water partition coefficient (Wildman–Crippen LogP) is 3.28. The maximum Gasteiger partial charge on any atom is 0.240 e. The number of sulfonamides is 1. The standard InChI is InChI=1S/C13H12Cl2N2O3S/c1-17-21(18,19)9-3-5-13(11(16)7-9)20-12-4-2-8(14)6-10(12)15/h2-7,17H,16H2,1H3. The zero-order valence-electron chi connectivity index (χ0n) is 10.9. The normalized spacial score (nSPS) is 11.4. The first-order chi connectivity index (χ1) is 9.83. The number of benzene rings is 2. The molecule has 0 radical (unpaired) electrons. The number of nitrogens with two attached hydrogens (primary N) is 1. The average Bonchev–Trinajstić information content (AvgIpc) is 2.43. The van der Waals surface area contributed by atoms with Gasteiger partial charge in [0.05, 0.1) is 15.6 Å². The molecule has 0 aliphatic rings. The molecule has 0 amide bonds. The van der Waals surface area contributed by atoms with Crippen LogP contribution in [0, 0.1) is 0 Å². The van der Waals surface area contributed by atoms with Crippen molar-refractivity contribution in [1.82, 2.24) is 4.72 Å². The van der Waals surface area contributed by atoms with E-state index in [9.17, 15) is 8.42 Å². The summed E-state index contributed by atoms with van der Waals surface area (Å²) >= 11 is 11.8. The Morgan fingerprint density at radius 1 is 1.10 bits per heavy atom. The van der Waals surface area contributed by atoms with Gasteiger partial charge in [-0.05, 0) is 43.4 Å². The van der Waals surface area contributed by atoms with Crippen molar-refractivity contribution in [2.45, 2.75) is 4.90 Å². The molecular weight excluding hydrogens is 335 g/mol. The lowest BCUT2D eigenvalue weighted by Crippen LogP contribution is -2.18. The molecule has 112 valence electrons. The number of nitrogen functional groups attached to an aromatic ring is 1. The first-order valence-electron chi connectivity index (χ1n) is 5.79. The van der Waals surface area contributed by atoms with Gasteiger partial charge in [0.15, 0.2) is 0 Å². The average molecular weight is 347 g/mol. The van der Waals surface area contributed by atoms with Gasteiger partial charge in [0.1, 0.15) is 11.5 Å². The lowest BCUT2D eigenvalue weighted by Gasteiger charge is -2.11. The molecule has 2 rings (SSSR count). The topological polar surface area (TPSA) is 81.4 Å². The van der Waals surface area contributed by atoms with Crippen LogP contribution in [0.4, 0.5) is 5.69 Å². The van der Waals surface area contributed by atoms with Gasteiger partial charge in [-0.15, -0.1) is 0 Å². The largest absolute Gasteiger partial charge is 0.454 e. The van der Waals surface area contributed by atoms with Crippen LogP contribution in [-0.2, 0) is 10.0 Å². The predicted molar refractivity (Wildman–Crippen MR) is 83.6 cm³/mol. The molecule has 2 aromatic rings. The molecule has 0 fully saturated rings. The minimum absolute atomic E-state index is 0.0528. The number of anilines is 1. The van der Waals surface area contributed by atoms with E-state index >= 15 is 0 Å². The van der Waals surface area contributed by atoms with Crippen LogP contribution in [0.25, 0.3) is 0 Å². The third-order valence-electron chi connectivity index (χ3n) is 2.67. The Labute approximate surface area is 132 Å². The Bertz CT molecular complexity index is 779. The molecule has 3 N–H and O–H groups in total.